The summed E-state index contributed by atoms with van der Waals surface area (Å²) >= 11 is 0. The van der Waals surface area contributed by atoms with Crippen LogP contribution in [0.3, 0.4) is 0 Å². The highest BCUT2D eigenvalue weighted by Crippen LogP contribution is 2.07. The van der Waals surface area contributed by atoms with Crippen LogP contribution in [0.1, 0.15) is 17.0 Å². The summed E-state index contributed by atoms with van der Waals surface area (Å²) in [6, 6.07) is 5.59. The SMILES string of the molecule is NCC(=O)NC(Cc1ccccc1)C(=O)NC(Cc1cnc[nH]1)C(=O)NC(Cc1cnc[nH]1)C(=O)O. The minimum Gasteiger partial charge on any atom is -0.480 e. The Morgan fingerprint density at radius 1 is 0.806 bits per heavy atom. The molecular weight excluding hydrogens is 468 g/mol. The molecule has 0 saturated heterocycles. The maximum absolute atomic E-state index is 13.2. The zero-order valence-electron chi connectivity index (χ0n) is 19.3. The number of H-pyrrole nitrogens is 2. The van der Waals surface area contributed by atoms with Crippen molar-refractivity contribution in [3.05, 3.63) is 72.3 Å². The number of rotatable bonds is 13. The Balaban J connectivity index is 1.77. The van der Waals surface area contributed by atoms with Gasteiger partial charge in [0.1, 0.15) is 18.1 Å². The van der Waals surface area contributed by atoms with E-state index < -0.39 is 41.8 Å². The Kier molecular flexibility index (Phi) is 9.28. The minimum absolute atomic E-state index is 0.0108. The largest absolute Gasteiger partial charge is 0.480 e. The van der Waals surface area contributed by atoms with Gasteiger partial charge in [0.2, 0.25) is 17.7 Å². The molecule has 13 nitrogen and oxygen atoms in total. The highest BCUT2D eigenvalue weighted by Gasteiger charge is 2.30. The van der Waals surface area contributed by atoms with E-state index in [4.69, 9.17) is 5.73 Å². The molecule has 36 heavy (non-hydrogen) atoms. The zero-order valence-corrected chi connectivity index (χ0v) is 19.3. The van der Waals surface area contributed by atoms with Crippen molar-refractivity contribution < 1.29 is 24.3 Å². The monoisotopic (exact) mass is 496 g/mol. The summed E-state index contributed by atoms with van der Waals surface area (Å²) < 4.78 is 0. The molecule has 3 amide bonds. The smallest absolute Gasteiger partial charge is 0.326 e. The van der Waals surface area contributed by atoms with Gasteiger partial charge in [-0.05, 0) is 5.56 Å². The number of aromatic amines is 2. The number of carboxylic acids is 1. The van der Waals surface area contributed by atoms with Gasteiger partial charge in [-0.25, -0.2) is 14.8 Å². The van der Waals surface area contributed by atoms with Crippen molar-refractivity contribution in [1.82, 2.24) is 35.9 Å². The highest BCUT2D eigenvalue weighted by molar-refractivity contribution is 5.93. The van der Waals surface area contributed by atoms with Crippen molar-refractivity contribution in [2.24, 2.45) is 5.73 Å². The van der Waals surface area contributed by atoms with Crippen molar-refractivity contribution in [2.45, 2.75) is 37.4 Å². The van der Waals surface area contributed by atoms with Crippen LogP contribution >= 0.6 is 0 Å². The molecule has 0 aliphatic carbocycles. The molecule has 3 rings (SSSR count). The number of hydrogen-bond donors (Lipinski definition) is 7. The fourth-order valence-electron chi connectivity index (χ4n) is 3.50. The van der Waals surface area contributed by atoms with Crippen LogP contribution in [0, 0.1) is 0 Å². The maximum Gasteiger partial charge on any atom is 0.326 e. The molecule has 2 heterocycles. The van der Waals surface area contributed by atoms with Crippen LogP contribution in [0.25, 0.3) is 0 Å². The summed E-state index contributed by atoms with van der Waals surface area (Å²) in [5.74, 6) is -3.12. The number of imidazole rings is 2. The molecule has 3 aromatic rings. The van der Waals surface area contributed by atoms with Gasteiger partial charge in [-0.15, -0.1) is 0 Å². The van der Waals surface area contributed by atoms with Gasteiger partial charge in [-0.2, -0.15) is 0 Å². The van der Waals surface area contributed by atoms with Gasteiger partial charge in [0.05, 0.1) is 19.2 Å². The summed E-state index contributed by atoms with van der Waals surface area (Å²) in [5, 5.41) is 17.3. The van der Waals surface area contributed by atoms with E-state index >= 15 is 0 Å². The third-order valence-corrected chi connectivity index (χ3v) is 5.33. The maximum atomic E-state index is 13.2. The number of carbonyl (C=O) groups excluding carboxylic acids is 3. The number of nitrogens with one attached hydrogen (secondary N) is 5. The minimum atomic E-state index is -1.27. The molecule has 8 N–H and O–H groups in total. The second kappa shape index (κ2) is 12.8. The number of aromatic nitrogens is 4. The lowest BCUT2D eigenvalue weighted by Crippen LogP contribution is -2.57. The molecule has 3 atom stereocenters. The standard InChI is InChI=1S/C23H28N8O5/c24-9-20(32)29-17(6-14-4-2-1-3-5-14)21(33)30-18(7-15-10-25-12-27-15)22(34)31-19(23(35)36)8-16-11-26-13-28-16/h1-5,10-13,17-19H,6-9,24H2,(H,25,27)(H,26,28)(H,29,32)(H,30,33)(H,31,34)(H,35,36). The lowest BCUT2D eigenvalue weighted by molar-refractivity contribution is -0.142. The Morgan fingerprint density at radius 3 is 1.83 bits per heavy atom. The predicted molar refractivity (Wildman–Crippen MR) is 127 cm³/mol. The van der Waals surface area contributed by atoms with Gasteiger partial charge in [-0.3, -0.25) is 14.4 Å². The Hall–Kier alpha value is -4.52. The first-order valence-corrected chi connectivity index (χ1v) is 11.2. The van der Waals surface area contributed by atoms with Crippen molar-refractivity contribution in [3.63, 3.8) is 0 Å². The Morgan fingerprint density at radius 2 is 1.33 bits per heavy atom. The number of benzene rings is 1. The molecule has 0 spiro atoms. The molecule has 3 unspecified atom stereocenters. The van der Waals surface area contributed by atoms with E-state index in [2.05, 4.69) is 35.9 Å². The van der Waals surface area contributed by atoms with E-state index in [9.17, 15) is 24.3 Å². The number of hydrogen-bond acceptors (Lipinski definition) is 7. The van der Waals surface area contributed by atoms with Crippen LogP contribution in [0.5, 0.6) is 0 Å². The number of carbonyl (C=O) groups is 4. The van der Waals surface area contributed by atoms with Crippen LogP contribution in [0.15, 0.2) is 55.4 Å². The zero-order chi connectivity index (χ0) is 25.9. The van der Waals surface area contributed by atoms with Gasteiger partial charge in [-0.1, -0.05) is 30.3 Å². The highest BCUT2D eigenvalue weighted by atomic mass is 16.4. The fourth-order valence-corrected chi connectivity index (χ4v) is 3.50. The topological polar surface area (TPSA) is 208 Å². The number of amides is 3. The van der Waals surface area contributed by atoms with Crippen LogP contribution < -0.4 is 21.7 Å². The molecule has 0 bridgehead atoms. The molecular formula is C23H28N8O5. The molecule has 0 saturated carbocycles. The molecule has 13 heteroatoms. The second-order valence-corrected chi connectivity index (χ2v) is 8.04. The lowest BCUT2D eigenvalue weighted by Gasteiger charge is -2.24. The molecule has 190 valence electrons. The summed E-state index contributed by atoms with van der Waals surface area (Å²) in [6.07, 6.45) is 5.91. The van der Waals surface area contributed by atoms with Gasteiger partial charge in [0.25, 0.3) is 0 Å². The molecule has 2 aromatic heterocycles. The number of nitrogens with zero attached hydrogens (tertiary/aromatic N) is 2. The van der Waals surface area contributed by atoms with Gasteiger partial charge in [0.15, 0.2) is 0 Å². The molecule has 0 fully saturated rings. The first-order chi connectivity index (χ1) is 17.4. The predicted octanol–water partition coefficient (Wildman–Crippen LogP) is -1.34. The molecule has 0 aliphatic heterocycles. The van der Waals surface area contributed by atoms with Gasteiger partial charge < -0.3 is 36.8 Å². The first kappa shape index (κ1) is 26.1. The van der Waals surface area contributed by atoms with E-state index in [1.165, 1.54) is 25.0 Å². The van der Waals surface area contributed by atoms with E-state index in [0.717, 1.165) is 5.56 Å². The van der Waals surface area contributed by atoms with Gasteiger partial charge >= 0.3 is 5.97 Å². The number of aliphatic carboxylic acids is 1. The Labute approximate surface area is 206 Å². The third kappa shape index (κ3) is 7.77. The van der Waals surface area contributed by atoms with Crippen molar-refractivity contribution in [2.75, 3.05) is 6.54 Å². The quantitative estimate of drug-likeness (QED) is 0.150. The summed E-state index contributed by atoms with van der Waals surface area (Å²) in [7, 11) is 0. The second-order valence-electron chi connectivity index (χ2n) is 8.04. The van der Waals surface area contributed by atoms with E-state index in [1.807, 2.05) is 6.07 Å². The number of nitrogens with two attached hydrogens (primary N) is 1. The Bertz CT molecular complexity index is 1130. The van der Waals surface area contributed by atoms with Crippen molar-refractivity contribution in [1.29, 1.82) is 0 Å². The van der Waals surface area contributed by atoms with Crippen LogP contribution in [0.4, 0.5) is 0 Å². The van der Waals surface area contributed by atoms with Crippen LogP contribution in [-0.4, -0.2) is 73.4 Å². The van der Waals surface area contributed by atoms with Crippen molar-refractivity contribution >= 4 is 23.7 Å². The molecule has 0 aliphatic rings. The fraction of sp³-hybridized carbons (Fsp3) is 0.304. The first-order valence-electron chi connectivity index (χ1n) is 11.2. The van der Waals surface area contributed by atoms with Crippen molar-refractivity contribution in [3.8, 4) is 0 Å². The van der Waals surface area contributed by atoms with Gasteiger partial charge in [0, 0.05) is 43.0 Å². The third-order valence-electron chi connectivity index (χ3n) is 5.33. The lowest BCUT2D eigenvalue weighted by atomic mass is 10.0. The average Bonchev–Trinajstić information content (AvgIpc) is 3.57. The summed E-state index contributed by atoms with van der Waals surface area (Å²) in [4.78, 5) is 63.6. The molecule has 1 aromatic carbocycles. The van der Waals surface area contributed by atoms with E-state index in [1.54, 1.807) is 24.3 Å². The summed E-state index contributed by atoms with van der Waals surface area (Å²) in [6.45, 7) is -0.315. The average molecular weight is 497 g/mol. The van der Waals surface area contributed by atoms with Crippen LogP contribution in [-0.2, 0) is 38.4 Å². The summed E-state index contributed by atoms with van der Waals surface area (Å²) in [5.41, 5.74) is 7.26. The van der Waals surface area contributed by atoms with E-state index in [-0.39, 0.29) is 25.8 Å². The number of carboxylic acid groups (broad SMARTS) is 1. The molecule has 0 radical (unpaired) electrons. The normalized spacial score (nSPS) is 13.2. The van der Waals surface area contributed by atoms with E-state index in [0.29, 0.717) is 11.4 Å². The van der Waals surface area contributed by atoms with Crippen LogP contribution in [0.2, 0.25) is 0 Å².